The molecule has 1 aromatic rings. The third-order valence-electron chi connectivity index (χ3n) is 3.98. The van der Waals surface area contributed by atoms with Gasteiger partial charge in [0.1, 0.15) is 11.9 Å². The fourth-order valence-electron chi connectivity index (χ4n) is 3.06. The lowest BCUT2D eigenvalue weighted by molar-refractivity contribution is -0.141. The smallest absolute Gasteiger partial charge is 0.326 e. The molecule has 0 bridgehead atoms. The minimum atomic E-state index is -0.737. The van der Waals surface area contributed by atoms with Gasteiger partial charge in [0.05, 0.1) is 5.69 Å². The molecular weight excluding hydrogens is 230 g/mol. The van der Waals surface area contributed by atoms with E-state index >= 15 is 0 Å². The van der Waals surface area contributed by atoms with Crippen LogP contribution in [0.25, 0.3) is 0 Å². The fraction of sp³-hybridized carbons (Fsp3) is 0.692. The van der Waals surface area contributed by atoms with Crippen LogP contribution in [0.1, 0.15) is 43.2 Å². The number of imidazole rings is 1. The van der Waals surface area contributed by atoms with E-state index in [1.54, 1.807) is 0 Å². The van der Waals surface area contributed by atoms with Gasteiger partial charge in [0.15, 0.2) is 0 Å². The van der Waals surface area contributed by atoms with E-state index < -0.39 is 12.0 Å². The summed E-state index contributed by atoms with van der Waals surface area (Å²) in [6.45, 7) is 1.09. The Morgan fingerprint density at radius 3 is 3.11 bits per heavy atom. The first-order chi connectivity index (χ1) is 8.74. The van der Waals surface area contributed by atoms with Crippen LogP contribution in [0.3, 0.4) is 0 Å². The Balaban J connectivity index is 1.79. The number of aromatic nitrogens is 2. The summed E-state index contributed by atoms with van der Waals surface area (Å²) in [4.78, 5) is 15.8. The highest BCUT2D eigenvalue weighted by atomic mass is 16.4. The molecular formula is C13H19N3O2. The number of rotatable bonds is 3. The van der Waals surface area contributed by atoms with Gasteiger partial charge in [-0.25, -0.2) is 9.78 Å². The first-order valence-electron chi connectivity index (χ1n) is 6.77. The van der Waals surface area contributed by atoms with Crippen molar-refractivity contribution in [2.24, 2.45) is 0 Å². The number of nitrogens with one attached hydrogen (secondary N) is 1. The quantitative estimate of drug-likeness (QED) is 0.843. The molecule has 18 heavy (non-hydrogen) atoms. The lowest BCUT2D eigenvalue weighted by Crippen LogP contribution is -2.24. The third-order valence-corrected chi connectivity index (χ3v) is 3.98. The van der Waals surface area contributed by atoms with Gasteiger partial charge in [-0.1, -0.05) is 0 Å². The number of aryl methyl sites for hydroxylation is 1. The van der Waals surface area contributed by atoms with E-state index in [-0.39, 0.29) is 0 Å². The Bertz CT molecular complexity index is 449. The summed E-state index contributed by atoms with van der Waals surface area (Å²) in [6, 6.07) is 0.108. The zero-order chi connectivity index (χ0) is 12.5. The third kappa shape index (κ3) is 2.14. The van der Waals surface area contributed by atoms with Crippen LogP contribution in [0.2, 0.25) is 0 Å². The number of hydrogen-bond acceptors (Lipinski definition) is 3. The van der Waals surface area contributed by atoms with Crippen LogP contribution in [0.15, 0.2) is 6.20 Å². The van der Waals surface area contributed by atoms with Gasteiger partial charge in [-0.05, 0) is 32.2 Å². The van der Waals surface area contributed by atoms with Crippen molar-refractivity contribution in [2.75, 3.05) is 6.54 Å². The highest BCUT2D eigenvalue weighted by molar-refractivity contribution is 5.72. The SMILES string of the molecule is O=C(O)C1CCCc2nc(CC3CCCN3)cn21. The molecule has 2 aliphatic rings. The van der Waals surface area contributed by atoms with Crippen molar-refractivity contribution in [3.8, 4) is 0 Å². The van der Waals surface area contributed by atoms with Gasteiger partial charge in [-0.3, -0.25) is 0 Å². The van der Waals surface area contributed by atoms with E-state index in [4.69, 9.17) is 0 Å². The highest BCUT2D eigenvalue weighted by Gasteiger charge is 2.27. The summed E-state index contributed by atoms with van der Waals surface area (Å²) in [7, 11) is 0. The van der Waals surface area contributed by atoms with Crippen LogP contribution < -0.4 is 5.32 Å². The van der Waals surface area contributed by atoms with Gasteiger partial charge in [-0.15, -0.1) is 0 Å². The summed E-state index contributed by atoms with van der Waals surface area (Å²) in [5, 5.41) is 12.7. The van der Waals surface area contributed by atoms with E-state index in [9.17, 15) is 9.90 Å². The van der Waals surface area contributed by atoms with Gasteiger partial charge < -0.3 is 15.0 Å². The summed E-state index contributed by atoms with van der Waals surface area (Å²) in [5.41, 5.74) is 1.04. The molecule has 0 spiro atoms. The van der Waals surface area contributed by atoms with Crippen molar-refractivity contribution >= 4 is 5.97 Å². The average molecular weight is 249 g/mol. The maximum Gasteiger partial charge on any atom is 0.326 e. The van der Waals surface area contributed by atoms with Crippen molar-refractivity contribution in [1.29, 1.82) is 0 Å². The lowest BCUT2D eigenvalue weighted by Gasteiger charge is -2.20. The van der Waals surface area contributed by atoms with Crippen molar-refractivity contribution < 1.29 is 9.90 Å². The monoisotopic (exact) mass is 249 g/mol. The molecule has 3 heterocycles. The van der Waals surface area contributed by atoms with Crippen molar-refractivity contribution in [3.05, 3.63) is 17.7 Å². The maximum atomic E-state index is 11.2. The number of carboxylic acids is 1. The summed E-state index contributed by atoms with van der Waals surface area (Å²) in [5.74, 6) is 0.209. The van der Waals surface area contributed by atoms with Crippen LogP contribution in [0.4, 0.5) is 0 Å². The van der Waals surface area contributed by atoms with Gasteiger partial charge in [0, 0.05) is 25.1 Å². The van der Waals surface area contributed by atoms with Crippen LogP contribution in [0.5, 0.6) is 0 Å². The summed E-state index contributed by atoms with van der Waals surface area (Å²) < 4.78 is 1.87. The fourth-order valence-corrected chi connectivity index (χ4v) is 3.06. The van der Waals surface area contributed by atoms with Gasteiger partial charge in [0.2, 0.25) is 0 Å². The molecule has 1 saturated heterocycles. The number of fused-ring (bicyclic) bond motifs is 1. The molecule has 2 unspecified atom stereocenters. The van der Waals surface area contributed by atoms with Gasteiger partial charge >= 0.3 is 5.97 Å². The van der Waals surface area contributed by atoms with Crippen LogP contribution in [-0.4, -0.2) is 33.2 Å². The molecule has 2 aliphatic heterocycles. The van der Waals surface area contributed by atoms with Crippen LogP contribution in [0, 0.1) is 0 Å². The van der Waals surface area contributed by atoms with Crippen LogP contribution >= 0.6 is 0 Å². The van der Waals surface area contributed by atoms with Crippen molar-refractivity contribution in [2.45, 2.75) is 50.6 Å². The molecule has 0 saturated carbocycles. The second kappa shape index (κ2) is 4.72. The lowest BCUT2D eigenvalue weighted by atomic mass is 10.1. The maximum absolute atomic E-state index is 11.2. The molecule has 0 radical (unpaired) electrons. The van der Waals surface area contributed by atoms with Crippen LogP contribution in [-0.2, 0) is 17.6 Å². The molecule has 0 aliphatic carbocycles. The number of carboxylic acid groups (broad SMARTS) is 1. The first-order valence-corrected chi connectivity index (χ1v) is 6.77. The predicted octanol–water partition coefficient (Wildman–Crippen LogP) is 1.14. The first kappa shape index (κ1) is 11.7. The van der Waals surface area contributed by atoms with Gasteiger partial charge in [0.25, 0.3) is 0 Å². The van der Waals surface area contributed by atoms with Crippen molar-refractivity contribution in [1.82, 2.24) is 14.9 Å². The molecule has 1 fully saturated rings. The van der Waals surface area contributed by atoms with E-state index in [0.29, 0.717) is 6.04 Å². The van der Waals surface area contributed by atoms with E-state index in [0.717, 1.165) is 43.7 Å². The highest BCUT2D eigenvalue weighted by Crippen LogP contribution is 2.25. The minimum Gasteiger partial charge on any atom is -0.480 e. The number of nitrogens with zero attached hydrogens (tertiary/aromatic N) is 2. The Morgan fingerprint density at radius 2 is 2.39 bits per heavy atom. The molecule has 0 aromatic carbocycles. The zero-order valence-corrected chi connectivity index (χ0v) is 10.4. The second-order valence-corrected chi connectivity index (χ2v) is 5.30. The normalized spacial score (nSPS) is 27.1. The van der Waals surface area contributed by atoms with E-state index in [1.807, 2.05) is 10.8 Å². The second-order valence-electron chi connectivity index (χ2n) is 5.30. The molecule has 5 nitrogen and oxygen atoms in total. The summed E-state index contributed by atoms with van der Waals surface area (Å²) in [6.07, 6.45) is 7.86. The molecule has 0 amide bonds. The Hall–Kier alpha value is -1.36. The summed E-state index contributed by atoms with van der Waals surface area (Å²) >= 11 is 0. The largest absolute Gasteiger partial charge is 0.480 e. The molecule has 98 valence electrons. The average Bonchev–Trinajstić information content (AvgIpc) is 2.96. The molecule has 1 aromatic heterocycles. The number of aliphatic carboxylic acids is 1. The van der Waals surface area contributed by atoms with Crippen molar-refractivity contribution in [3.63, 3.8) is 0 Å². The Kier molecular flexibility index (Phi) is 3.07. The van der Waals surface area contributed by atoms with E-state index in [1.165, 1.54) is 12.8 Å². The van der Waals surface area contributed by atoms with Gasteiger partial charge in [-0.2, -0.15) is 0 Å². The van der Waals surface area contributed by atoms with E-state index in [2.05, 4.69) is 10.3 Å². The Labute approximate surface area is 106 Å². The predicted molar refractivity (Wildman–Crippen MR) is 66.6 cm³/mol. The number of carbonyl (C=O) groups is 1. The topological polar surface area (TPSA) is 67.2 Å². The number of hydrogen-bond donors (Lipinski definition) is 2. The zero-order valence-electron chi connectivity index (χ0n) is 10.4. The standard InChI is InChI=1S/C13H19N3O2/c17-13(18)11-4-1-5-12-15-10(8-16(11)12)7-9-3-2-6-14-9/h8-9,11,14H,1-7H2,(H,17,18). The molecule has 5 heteroatoms. The Morgan fingerprint density at radius 1 is 1.50 bits per heavy atom. The minimum absolute atomic E-state index is 0.411. The molecule has 2 atom stereocenters. The molecule has 2 N–H and O–H groups in total. The molecule has 3 rings (SSSR count).